The van der Waals surface area contributed by atoms with Crippen LogP contribution >= 0.6 is 0 Å². The molecule has 0 saturated heterocycles. The molecule has 0 unspecified atom stereocenters. The molecule has 7 rings (SSSR count). The number of anilines is 1. The lowest BCUT2D eigenvalue weighted by atomic mass is 9.72. The van der Waals surface area contributed by atoms with Crippen LogP contribution in [0.5, 0.6) is 5.75 Å². The number of ether oxygens (including phenoxy) is 1. The lowest BCUT2D eigenvalue weighted by Gasteiger charge is -2.32. The van der Waals surface area contributed by atoms with E-state index in [2.05, 4.69) is 174 Å². The van der Waals surface area contributed by atoms with Crippen molar-refractivity contribution in [2.24, 2.45) is 5.41 Å². The highest BCUT2D eigenvalue weighted by Gasteiger charge is 2.44. The van der Waals surface area contributed by atoms with Gasteiger partial charge in [0.25, 0.3) is 10.1 Å². The number of unbranched alkanes of at least 4 members (excludes halogenated alkanes) is 6. The van der Waals surface area contributed by atoms with Crippen LogP contribution in [-0.2, 0) is 30.5 Å². The lowest BCUT2D eigenvalue weighted by Crippen LogP contribution is -2.28. The van der Waals surface area contributed by atoms with Crippen LogP contribution in [0.4, 0.5) is 11.4 Å². The van der Waals surface area contributed by atoms with Gasteiger partial charge in [0.1, 0.15) is 18.1 Å². The molecular weight excluding hydrogens is 1060 g/mol. The fourth-order valence-corrected chi connectivity index (χ4v) is 13.0. The fraction of sp³-hybridized carbons (Fsp3) is 0.466. The summed E-state index contributed by atoms with van der Waals surface area (Å²) >= 11 is 0. The van der Waals surface area contributed by atoms with Crippen LogP contribution < -0.4 is 20.3 Å². The zero-order valence-corrected chi connectivity index (χ0v) is 53.4. The van der Waals surface area contributed by atoms with Gasteiger partial charge >= 0.3 is 0 Å². The van der Waals surface area contributed by atoms with E-state index >= 15 is 0 Å². The topological polar surface area (TPSA) is 128 Å². The zero-order valence-electron chi connectivity index (χ0n) is 52.6. The molecule has 0 saturated carbocycles. The number of allylic oxidation sites excluding steroid dienone is 16. The predicted octanol–water partition coefficient (Wildman–Crippen LogP) is 17.0. The largest absolute Gasteiger partial charge is 0.457 e. The summed E-state index contributed by atoms with van der Waals surface area (Å²) in [5, 5.41) is 6.16. The summed E-state index contributed by atoms with van der Waals surface area (Å²) in [5.41, 5.74) is 15.6. The molecular formula is C73H97N4O6S+. The number of hydrogen-bond donors (Lipinski definition) is 3. The number of para-hydroxylation sites is 1. The van der Waals surface area contributed by atoms with Crippen LogP contribution in [0.15, 0.2) is 177 Å². The van der Waals surface area contributed by atoms with Crippen molar-refractivity contribution in [1.29, 1.82) is 0 Å². The molecule has 3 aromatic rings. The Bertz CT molecular complexity index is 3300. The molecule has 0 aromatic heterocycles. The van der Waals surface area contributed by atoms with Gasteiger partial charge in [-0.3, -0.25) is 14.1 Å². The number of rotatable bonds is 27. The molecule has 2 aliphatic heterocycles. The van der Waals surface area contributed by atoms with Crippen LogP contribution in [0.3, 0.4) is 0 Å². The molecule has 84 heavy (non-hydrogen) atoms. The maximum atomic E-state index is 12.9. The van der Waals surface area contributed by atoms with Gasteiger partial charge in [-0.05, 0) is 182 Å². The number of nitrogens with one attached hydrogen (secondary N) is 2. The van der Waals surface area contributed by atoms with Gasteiger partial charge in [-0.25, -0.2) is 0 Å². The summed E-state index contributed by atoms with van der Waals surface area (Å²) in [6.07, 6.45) is 36.6. The van der Waals surface area contributed by atoms with Gasteiger partial charge in [-0.15, -0.1) is 0 Å². The van der Waals surface area contributed by atoms with E-state index in [1.165, 1.54) is 87.6 Å². The van der Waals surface area contributed by atoms with E-state index in [-0.39, 0.29) is 33.0 Å². The average molecular weight is 1160 g/mol. The minimum absolute atomic E-state index is 0.0742. The summed E-state index contributed by atoms with van der Waals surface area (Å²) in [6, 6.07) is 21.4. The van der Waals surface area contributed by atoms with Gasteiger partial charge < -0.3 is 20.3 Å². The van der Waals surface area contributed by atoms with Crippen LogP contribution in [-0.4, -0.2) is 61.3 Å². The van der Waals surface area contributed by atoms with Crippen molar-refractivity contribution in [3.8, 4) is 5.75 Å². The molecule has 10 nitrogen and oxygen atoms in total. The van der Waals surface area contributed by atoms with Crippen molar-refractivity contribution in [1.82, 2.24) is 10.6 Å². The first-order valence-electron chi connectivity index (χ1n) is 31.2. The van der Waals surface area contributed by atoms with Crippen LogP contribution in [0.25, 0.3) is 0 Å². The molecule has 2 amide bonds. The van der Waals surface area contributed by atoms with Crippen molar-refractivity contribution < 1.29 is 31.9 Å². The van der Waals surface area contributed by atoms with E-state index in [9.17, 15) is 22.6 Å². The van der Waals surface area contributed by atoms with E-state index in [1.54, 1.807) is 18.2 Å². The Hall–Kier alpha value is -6.56. The van der Waals surface area contributed by atoms with Crippen molar-refractivity contribution >= 4 is 39.0 Å². The third-order valence-corrected chi connectivity index (χ3v) is 18.3. The molecule has 4 aliphatic rings. The number of benzene rings is 3. The van der Waals surface area contributed by atoms with E-state index < -0.39 is 10.1 Å². The second-order valence-electron chi connectivity index (χ2n) is 25.5. The van der Waals surface area contributed by atoms with Gasteiger partial charge in [0.2, 0.25) is 17.5 Å². The van der Waals surface area contributed by atoms with Gasteiger partial charge in [0.05, 0.1) is 10.3 Å². The van der Waals surface area contributed by atoms with Crippen molar-refractivity contribution in [3.05, 3.63) is 189 Å². The molecule has 0 atom stereocenters. The Morgan fingerprint density at radius 2 is 1.48 bits per heavy atom. The van der Waals surface area contributed by atoms with Crippen LogP contribution in [0.2, 0.25) is 0 Å². The summed E-state index contributed by atoms with van der Waals surface area (Å²) in [4.78, 5) is 27.8. The Morgan fingerprint density at radius 1 is 0.750 bits per heavy atom. The Morgan fingerprint density at radius 3 is 2.20 bits per heavy atom. The van der Waals surface area contributed by atoms with Gasteiger partial charge in [-0.1, -0.05) is 144 Å². The highest BCUT2D eigenvalue weighted by molar-refractivity contribution is 7.85. The predicted molar refractivity (Wildman–Crippen MR) is 348 cm³/mol. The Kier molecular flexibility index (Phi) is 22.8. The zero-order chi connectivity index (χ0) is 60.7. The van der Waals surface area contributed by atoms with Crippen LogP contribution in [0.1, 0.15) is 189 Å². The first-order chi connectivity index (χ1) is 40.0. The van der Waals surface area contributed by atoms with Gasteiger partial charge in [0.15, 0.2) is 5.71 Å². The molecule has 0 radical (unpaired) electrons. The summed E-state index contributed by atoms with van der Waals surface area (Å²) in [7, 11) is -4.37. The Balaban J connectivity index is 0.924. The third kappa shape index (κ3) is 17.1. The third-order valence-electron chi connectivity index (χ3n) is 17.4. The maximum Gasteiger partial charge on any atom is 0.294 e. The molecule has 11 heteroatoms. The summed E-state index contributed by atoms with van der Waals surface area (Å²) < 4.78 is 43.1. The molecule has 0 fully saturated rings. The number of carbonyl (C=O) groups is 2. The number of amides is 2. The summed E-state index contributed by atoms with van der Waals surface area (Å²) in [5.74, 6) is 1.27. The fourth-order valence-electron chi connectivity index (χ4n) is 12.5. The molecule has 3 aromatic carbocycles. The first kappa shape index (κ1) is 65.0. The average Bonchev–Trinajstić information content (AvgIpc) is 1.87. The minimum Gasteiger partial charge on any atom is -0.457 e. The highest BCUT2D eigenvalue weighted by Crippen LogP contribution is 2.49. The molecule has 3 N–H and O–H groups in total. The lowest BCUT2D eigenvalue weighted by molar-refractivity contribution is -0.438. The number of aryl methyl sites for hydroxylation is 1. The van der Waals surface area contributed by atoms with E-state index in [1.807, 2.05) is 19.1 Å². The number of nitrogens with zero attached hydrogens (tertiary/aromatic N) is 2. The van der Waals surface area contributed by atoms with Crippen molar-refractivity contribution in [2.75, 3.05) is 31.1 Å². The molecule has 2 heterocycles. The van der Waals surface area contributed by atoms with Crippen molar-refractivity contribution in [2.45, 2.75) is 195 Å². The van der Waals surface area contributed by atoms with Gasteiger partial charge in [-0.2, -0.15) is 13.0 Å². The smallest absolute Gasteiger partial charge is 0.294 e. The minimum atomic E-state index is -4.37. The first-order valence-corrected chi connectivity index (χ1v) is 32.6. The standard InChI is InChI=1S/C73H96N4O6S/c1-12-13-49-76-64-32-19-18-31-62(64)72(8,9)66(76)44-36-57-29-24-30-58(70(57)83-59-38-40-60(41-39-59)84(80,81)82)37-45-67-73(10,11)63-51-55(4)35-43-65(63)77(67)50-22-16-17-33-68(78)74-47-20-14-15-21-48-75-69(79)52-54(3)27-23-26-53(2)34-42-61-56(5)28-25-46-71(61,6)7/h18-19,23,26-27,31-32,34-45,51-52H,12-17,20-22,24-25,28-30,33,46-50H2,1-11H3,(H2-,74,75,78,79,80,81,82)/p+1/b27-23+,42-34+,53-26+,54-52+. The summed E-state index contributed by atoms with van der Waals surface area (Å²) in [6.45, 7) is 27.6. The second-order valence-corrected chi connectivity index (χ2v) is 26.9. The van der Waals surface area contributed by atoms with E-state index in [0.717, 1.165) is 113 Å². The van der Waals surface area contributed by atoms with E-state index in [4.69, 9.17) is 4.74 Å². The van der Waals surface area contributed by atoms with Crippen LogP contribution in [0, 0.1) is 12.3 Å². The van der Waals surface area contributed by atoms with Gasteiger partial charge in [0, 0.05) is 73.1 Å². The maximum absolute atomic E-state index is 12.9. The van der Waals surface area contributed by atoms with E-state index in [0.29, 0.717) is 25.3 Å². The second kappa shape index (κ2) is 29.5. The van der Waals surface area contributed by atoms with Crippen molar-refractivity contribution in [3.63, 3.8) is 0 Å². The number of fused-ring (bicyclic) bond motifs is 2. The quantitative estimate of drug-likeness (QED) is 0.0228. The highest BCUT2D eigenvalue weighted by atomic mass is 32.2. The molecule has 0 bridgehead atoms. The molecule has 2 aliphatic carbocycles. The normalized spacial score (nSPS) is 19.0. The number of carbonyl (C=O) groups excluding carboxylic acids is 2. The SMILES string of the molecule is CCCC[N+]1=C(/C=C/C2=C(Oc3ccc(S(=O)(=O)O)cc3)C(=C/C=C3/N(CCCCCC(=O)NCCCCCCNC(=O)/C=C(C)/C=C/C=C(C)/C=C/C4=C(C)CCCC4(C)C)c4ccc(C)cc4C3(C)C)/CCC2)C(C)(C)c2ccccc21. The molecule has 0 spiro atoms. The molecule has 450 valence electrons. The number of hydrogen-bond acceptors (Lipinski definition) is 6. The monoisotopic (exact) mass is 1160 g/mol. The Labute approximate surface area is 504 Å².